The molecule has 17 heavy (non-hydrogen) atoms. The molecule has 1 heterocycles. The highest BCUT2D eigenvalue weighted by Gasteiger charge is 2.23. The van der Waals surface area contributed by atoms with E-state index in [-0.39, 0.29) is 0 Å². The molecule has 0 radical (unpaired) electrons. The lowest BCUT2D eigenvalue weighted by Gasteiger charge is -2.29. The summed E-state index contributed by atoms with van der Waals surface area (Å²) in [6.07, 6.45) is 3.15. The molecule has 0 saturated carbocycles. The van der Waals surface area contributed by atoms with E-state index < -0.39 is 10.0 Å². The molecule has 0 amide bonds. The second-order valence-corrected chi connectivity index (χ2v) is 5.98. The molecule has 0 spiro atoms. The zero-order valence-electron chi connectivity index (χ0n) is 11.0. The smallest absolute Gasteiger partial charge is 0.232 e. The van der Waals surface area contributed by atoms with Crippen molar-refractivity contribution in [2.24, 2.45) is 0 Å². The fraction of sp³-hybridized carbons (Fsp3) is 0.538. The molecular formula is C13H21NO2S. The van der Waals surface area contributed by atoms with Gasteiger partial charge in [-0.05, 0) is 31.4 Å². The normalized spacial score (nSPS) is 14.7. The third-order valence-electron chi connectivity index (χ3n) is 2.71. The summed E-state index contributed by atoms with van der Waals surface area (Å²) in [7, 11) is -3.12. The van der Waals surface area contributed by atoms with Crippen LogP contribution in [0.4, 0.5) is 5.69 Å². The van der Waals surface area contributed by atoms with E-state index in [0.29, 0.717) is 6.54 Å². The predicted octanol–water partition coefficient (Wildman–Crippen LogP) is 2.73. The van der Waals surface area contributed by atoms with Crippen LogP contribution in [-0.2, 0) is 16.4 Å². The van der Waals surface area contributed by atoms with Gasteiger partial charge in [-0.25, -0.2) is 8.42 Å². The van der Waals surface area contributed by atoms with E-state index >= 15 is 0 Å². The first-order valence-corrected chi connectivity index (χ1v) is 7.90. The molecule has 1 aliphatic rings. The zero-order chi connectivity index (χ0) is 13.1. The molecule has 0 N–H and O–H groups in total. The highest BCUT2D eigenvalue weighted by Crippen LogP contribution is 2.29. The van der Waals surface area contributed by atoms with E-state index in [9.17, 15) is 8.42 Å². The first-order valence-electron chi connectivity index (χ1n) is 6.06. The molecule has 4 heteroatoms. The summed E-state index contributed by atoms with van der Waals surface area (Å²) in [5.41, 5.74) is 3.19. The Morgan fingerprint density at radius 3 is 2.47 bits per heavy atom. The van der Waals surface area contributed by atoms with Crippen LogP contribution >= 0.6 is 0 Å². The van der Waals surface area contributed by atoms with Gasteiger partial charge in [-0.15, -0.1) is 0 Å². The van der Waals surface area contributed by atoms with Crippen molar-refractivity contribution in [1.82, 2.24) is 0 Å². The monoisotopic (exact) mass is 255 g/mol. The molecule has 1 aromatic rings. The Morgan fingerprint density at radius 2 is 1.88 bits per heavy atom. The topological polar surface area (TPSA) is 37.4 Å². The second kappa shape index (κ2) is 5.54. The number of nitrogens with zero attached hydrogens (tertiary/aromatic N) is 1. The number of aryl methyl sites for hydroxylation is 2. The van der Waals surface area contributed by atoms with Crippen molar-refractivity contribution in [1.29, 1.82) is 0 Å². The van der Waals surface area contributed by atoms with Crippen molar-refractivity contribution < 1.29 is 8.42 Å². The molecule has 1 aliphatic heterocycles. The maximum absolute atomic E-state index is 11.6. The lowest BCUT2D eigenvalue weighted by atomic mass is 10.0. The maximum Gasteiger partial charge on any atom is 0.232 e. The Balaban J connectivity index is 0.000000686. The molecule has 0 aromatic heterocycles. The van der Waals surface area contributed by atoms with Crippen LogP contribution in [0, 0.1) is 6.92 Å². The van der Waals surface area contributed by atoms with Gasteiger partial charge in [0, 0.05) is 6.54 Å². The van der Waals surface area contributed by atoms with E-state index in [4.69, 9.17) is 0 Å². The number of fused-ring (bicyclic) bond motifs is 1. The van der Waals surface area contributed by atoms with Gasteiger partial charge in [-0.1, -0.05) is 31.5 Å². The summed E-state index contributed by atoms with van der Waals surface area (Å²) in [5, 5.41) is 0. The van der Waals surface area contributed by atoms with Crippen LogP contribution in [0.25, 0.3) is 0 Å². The van der Waals surface area contributed by atoms with Gasteiger partial charge >= 0.3 is 0 Å². The Labute approximate surface area is 105 Å². The van der Waals surface area contributed by atoms with Crippen molar-refractivity contribution in [3.8, 4) is 0 Å². The van der Waals surface area contributed by atoms with Crippen LogP contribution in [0.3, 0.4) is 0 Å². The number of hydrogen-bond acceptors (Lipinski definition) is 2. The largest absolute Gasteiger partial charge is 0.270 e. The Bertz CT molecular complexity index is 480. The molecule has 3 nitrogen and oxygen atoms in total. The summed E-state index contributed by atoms with van der Waals surface area (Å²) in [4.78, 5) is 0. The quantitative estimate of drug-likeness (QED) is 0.774. The van der Waals surface area contributed by atoms with Crippen LogP contribution in [0.5, 0.6) is 0 Å². The summed E-state index contributed by atoms with van der Waals surface area (Å²) in [5.74, 6) is 0. The second-order valence-electron chi connectivity index (χ2n) is 4.07. The zero-order valence-corrected chi connectivity index (χ0v) is 11.8. The molecule has 0 aliphatic carbocycles. The minimum atomic E-state index is -3.12. The highest BCUT2D eigenvalue weighted by atomic mass is 32.2. The van der Waals surface area contributed by atoms with Crippen molar-refractivity contribution >= 4 is 15.7 Å². The summed E-state index contributed by atoms with van der Waals surface area (Å²) >= 11 is 0. The minimum absolute atomic E-state index is 0.606. The van der Waals surface area contributed by atoms with Gasteiger partial charge in [0.25, 0.3) is 0 Å². The fourth-order valence-corrected chi connectivity index (χ4v) is 3.03. The number of hydrogen-bond donors (Lipinski definition) is 0. The lowest BCUT2D eigenvalue weighted by Crippen LogP contribution is -2.34. The summed E-state index contributed by atoms with van der Waals surface area (Å²) < 4.78 is 24.6. The molecule has 1 aromatic carbocycles. The molecule has 0 atom stereocenters. The van der Waals surface area contributed by atoms with E-state index in [1.54, 1.807) is 0 Å². The number of benzene rings is 1. The Hall–Kier alpha value is -1.03. The first-order chi connectivity index (χ1) is 7.98. The molecule has 96 valence electrons. The van der Waals surface area contributed by atoms with Crippen molar-refractivity contribution in [2.75, 3.05) is 17.1 Å². The van der Waals surface area contributed by atoms with Crippen LogP contribution < -0.4 is 4.31 Å². The van der Waals surface area contributed by atoms with Crippen LogP contribution in [0.1, 0.15) is 31.4 Å². The SMILES string of the molecule is CC.Cc1ccc2c(c1)CCCN2S(C)(=O)=O. The van der Waals surface area contributed by atoms with E-state index in [1.165, 1.54) is 16.1 Å². The van der Waals surface area contributed by atoms with Crippen molar-refractivity contribution in [3.63, 3.8) is 0 Å². The third-order valence-corrected chi connectivity index (χ3v) is 3.89. The van der Waals surface area contributed by atoms with Gasteiger partial charge in [0.15, 0.2) is 0 Å². The van der Waals surface area contributed by atoms with Crippen LogP contribution in [-0.4, -0.2) is 21.2 Å². The standard InChI is InChI=1S/C11H15NO2S.C2H6/c1-9-5-6-11-10(8-9)4-3-7-12(11)15(2,13)14;1-2/h5-6,8H,3-4,7H2,1-2H3;1-2H3. The minimum Gasteiger partial charge on any atom is -0.270 e. The first kappa shape index (κ1) is 14.0. The van der Waals surface area contributed by atoms with E-state index in [1.807, 2.05) is 32.9 Å². The molecular weight excluding hydrogens is 234 g/mol. The van der Waals surface area contributed by atoms with Crippen LogP contribution in [0.15, 0.2) is 18.2 Å². The average Bonchev–Trinajstić information content (AvgIpc) is 2.29. The third kappa shape index (κ3) is 3.22. The van der Waals surface area contributed by atoms with E-state index in [2.05, 4.69) is 6.07 Å². The fourth-order valence-electron chi connectivity index (χ4n) is 2.04. The highest BCUT2D eigenvalue weighted by molar-refractivity contribution is 7.92. The summed E-state index contributed by atoms with van der Waals surface area (Å²) in [6.45, 7) is 6.63. The summed E-state index contributed by atoms with van der Waals surface area (Å²) in [6, 6.07) is 5.94. The van der Waals surface area contributed by atoms with Gasteiger partial charge in [-0.3, -0.25) is 4.31 Å². The Kier molecular flexibility index (Phi) is 4.57. The van der Waals surface area contributed by atoms with Crippen molar-refractivity contribution in [3.05, 3.63) is 29.3 Å². The molecule has 0 bridgehead atoms. The molecule has 0 saturated heterocycles. The number of anilines is 1. The maximum atomic E-state index is 11.6. The number of rotatable bonds is 1. The molecule has 2 rings (SSSR count). The van der Waals surface area contributed by atoms with Gasteiger partial charge in [0.1, 0.15) is 0 Å². The van der Waals surface area contributed by atoms with Crippen molar-refractivity contribution in [2.45, 2.75) is 33.6 Å². The van der Waals surface area contributed by atoms with E-state index in [0.717, 1.165) is 24.1 Å². The van der Waals surface area contributed by atoms with Crippen LogP contribution in [0.2, 0.25) is 0 Å². The van der Waals surface area contributed by atoms with Gasteiger partial charge < -0.3 is 0 Å². The number of sulfonamides is 1. The lowest BCUT2D eigenvalue weighted by molar-refractivity contribution is 0.592. The predicted molar refractivity (Wildman–Crippen MR) is 73.0 cm³/mol. The Morgan fingerprint density at radius 1 is 1.24 bits per heavy atom. The molecule has 0 fully saturated rings. The van der Waals surface area contributed by atoms with Gasteiger partial charge in [-0.2, -0.15) is 0 Å². The molecule has 0 unspecified atom stereocenters. The van der Waals surface area contributed by atoms with Gasteiger partial charge in [0.2, 0.25) is 10.0 Å². The van der Waals surface area contributed by atoms with Gasteiger partial charge in [0.05, 0.1) is 11.9 Å². The average molecular weight is 255 g/mol.